The fourth-order valence-corrected chi connectivity index (χ4v) is 10.7. The fraction of sp³-hybridized carbons (Fsp3) is 0.0794. The number of para-hydroxylation sites is 3. The molecule has 0 atom stereocenters. The summed E-state index contributed by atoms with van der Waals surface area (Å²) in [6.07, 6.45) is 9.13. The number of rotatable bonds is 8. The topological polar surface area (TPSA) is 8.17 Å². The van der Waals surface area contributed by atoms with Gasteiger partial charge in [0.25, 0.3) is 0 Å². The smallest absolute Gasteiger partial charge is 0.0547 e. The van der Waals surface area contributed by atoms with Crippen molar-refractivity contribution >= 4 is 44.4 Å². The van der Waals surface area contributed by atoms with Crippen molar-refractivity contribution in [2.45, 2.75) is 32.1 Å². The SMILES string of the molecule is CC1(C)c2ccccc2-c2ccc(N(c3cccc(-c4ccc5c6ccccc6n(-c6ccccc6)c5c4)c3)c3ccccc3-c3ccccc3-c3ccccc3C3=CCCC=C3)cc21. The van der Waals surface area contributed by atoms with Crippen molar-refractivity contribution in [1.82, 2.24) is 4.57 Å². The van der Waals surface area contributed by atoms with Crippen LogP contribution in [0.5, 0.6) is 0 Å². The van der Waals surface area contributed by atoms with Crippen molar-refractivity contribution < 1.29 is 0 Å². The Morgan fingerprint density at radius 1 is 0.415 bits per heavy atom. The van der Waals surface area contributed by atoms with Gasteiger partial charge in [0.2, 0.25) is 0 Å². The summed E-state index contributed by atoms with van der Waals surface area (Å²) in [7, 11) is 0. The maximum Gasteiger partial charge on any atom is 0.0547 e. The molecule has 0 unspecified atom stereocenters. The molecule has 0 saturated carbocycles. The summed E-state index contributed by atoms with van der Waals surface area (Å²) in [6, 6.07) is 78.5. The molecule has 0 aliphatic heterocycles. The fourth-order valence-electron chi connectivity index (χ4n) is 10.7. The predicted molar refractivity (Wildman–Crippen MR) is 276 cm³/mol. The minimum absolute atomic E-state index is 0.153. The van der Waals surface area contributed by atoms with Crippen LogP contribution in [0.15, 0.2) is 231 Å². The van der Waals surface area contributed by atoms with Crippen LogP contribution in [0.25, 0.3) is 77.6 Å². The lowest BCUT2D eigenvalue weighted by Gasteiger charge is -2.30. The summed E-state index contributed by atoms with van der Waals surface area (Å²) in [6.45, 7) is 4.74. The molecule has 0 saturated heterocycles. The maximum atomic E-state index is 2.49. The first-order valence-electron chi connectivity index (χ1n) is 22.9. The normalized spacial score (nSPS) is 13.7. The number of nitrogens with zero attached hydrogens (tertiary/aromatic N) is 2. The van der Waals surface area contributed by atoms with Gasteiger partial charge in [-0.1, -0.05) is 190 Å². The third-order valence-electron chi connectivity index (χ3n) is 13.8. The van der Waals surface area contributed by atoms with E-state index < -0.39 is 0 Å². The third kappa shape index (κ3) is 6.48. The second kappa shape index (κ2) is 15.7. The van der Waals surface area contributed by atoms with Gasteiger partial charge in [-0.3, -0.25) is 0 Å². The van der Waals surface area contributed by atoms with Crippen LogP contribution in [0.1, 0.15) is 43.4 Å². The summed E-state index contributed by atoms with van der Waals surface area (Å²) in [5.74, 6) is 0. The van der Waals surface area contributed by atoms with E-state index in [0.29, 0.717) is 0 Å². The molecule has 2 aliphatic carbocycles. The Bertz CT molecular complexity index is 3530. The number of fused-ring (bicyclic) bond motifs is 6. The summed E-state index contributed by atoms with van der Waals surface area (Å²) in [4.78, 5) is 2.49. The van der Waals surface area contributed by atoms with E-state index in [-0.39, 0.29) is 5.41 Å². The van der Waals surface area contributed by atoms with Gasteiger partial charge in [-0.2, -0.15) is 0 Å². The Balaban J connectivity index is 1.06. The monoisotopic (exact) mass is 832 g/mol. The minimum Gasteiger partial charge on any atom is -0.310 e. The van der Waals surface area contributed by atoms with E-state index in [2.05, 4.69) is 254 Å². The van der Waals surface area contributed by atoms with Crippen LogP contribution in [0.4, 0.5) is 17.1 Å². The van der Waals surface area contributed by atoms with E-state index in [0.717, 1.165) is 41.2 Å². The van der Waals surface area contributed by atoms with E-state index in [1.54, 1.807) is 0 Å². The molecule has 9 aromatic carbocycles. The lowest BCUT2D eigenvalue weighted by molar-refractivity contribution is 0.660. The van der Waals surface area contributed by atoms with Crippen molar-refractivity contribution in [3.63, 3.8) is 0 Å². The van der Waals surface area contributed by atoms with Crippen molar-refractivity contribution in [3.8, 4) is 50.2 Å². The summed E-state index contributed by atoms with van der Waals surface area (Å²) >= 11 is 0. The molecule has 0 amide bonds. The second-order valence-corrected chi connectivity index (χ2v) is 18.0. The minimum atomic E-state index is -0.153. The van der Waals surface area contributed by atoms with Gasteiger partial charge in [0.15, 0.2) is 0 Å². The Kier molecular flexibility index (Phi) is 9.35. The molecule has 0 spiro atoms. The van der Waals surface area contributed by atoms with Gasteiger partial charge in [-0.05, 0) is 129 Å². The first kappa shape index (κ1) is 38.7. The lowest BCUT2D eigenvalue weighted by Crippen LogP contribution is -2.17. The summed E-state index contributed by atoms with van der Waals surface area (Å²) < 4.78 is 2.40. The van der Waals surface area contributed by atoms with Gasteiger partial charge in [-0.25, -0.2) is 0 Å². The molecule has 65 heavy (non-hydrogen) atoms. The van der Waals surface area contributed by atoms with Crippen molar-refractivity contribution in [1.29, 1.82) is 0 Å². The van der Waals surface area contributed by atoms with Gasteiger partial charge in [0.1, 0.15) is 0 Å². The number of allylic oxidation sites excluding steroid dienone is 4. The molecule has 0 radical (unpaired) electrons. The molecule has 10 aromatic rings. The Morgan fingerprint density at radius 2 is 1.03 bits per heavy atom. The van der Waals surface area contributed by atoms with Crippen LogP contribution in [0.2, 0.25) is 0 Å². The first-order chi connectivity index (χ1) is 32.0. The van der Waals surface area contributed by atoms with E-state index in [4.69, 9.17) is 0 Å². The predicted octanol–water partition coefficient (Wildman–Crippen LogP) is 17.3. The van der Waals surface area contributed by atoms with Crippen LogP contribution in [-0.4, -0.2) is 4.57 Å². The number of hydrogen-bond acceptors (Lipinski definition) is 1. The van der Waals surface area contributed by atoms with Crippen LogP contribution >= 0.6 is 0 Å². The quantitative estimate of drug-likeness (QED) is 0.148. The zero-order valence-electron chi connectivity index (χ0n) is 36.7. The van der Waals surface area contributed by atoms with Crippen molar-refractivity contribution in [2.75, 3.05) is 4.90 Å². The third-order valence-corrected chi connectivity index (χ3v) is 13.8. The Hall–Kier alpha value is -7.94. The standard InChI is InChI=1S/C63H48N2/c1-63(2)58-33-16-13-30-53(58)54-39-37-48(42-59(54)63)64(60-34-17-14-31-55(60)52-29-12-11-28-51(52)50-27-10-9-26-49(50)43-20-5-3-6-21-43)47-25-19-22-44(40-47)45-36-38-57-56-32-15-18-35-61(56)65(62(57)41-45)46-23-7-4-8-24-46/h4-5,7-42H,3,6H2,1-2H3. The van der Waals surface area contributed by atoms with Crippen molar-refractivity contribution in [3.05, 3.63) is 247 Å². The molecular formula is C63H48N2. The highest BCUT2D eigenvalue weighted by molar-refractivity contribution is 6.10. The summed E-state index contributed by atoms with van der Waals surface area (Å²) in [5.41, 5.74) is 21.8. The highest BCUT2D eigenvalue weighted by atomic mass is 15.1. The van der Waals surface area contributed by atoms with E-state index >= 15 is 0 Å². The highest BCUT2D eigenvalue weighted by Gasteiger charge is 2.36. The number of hydrogen-bond donors (Lipinski definition) is 0. The van der Waals surface area contributed by atoms with E-state index in [1.807, 2.05) is 0 Å². The van der Waals surface area contributed by atoms with Crippen LogP contribution < -0.4 is 4.90 Å². The molecule has 0 fully saturated rings. The number of aromatic nitrogens is 1. The highest BCUT2D eigenvalue weighted by Crippen LogP contribution is 2.52. The molecule has 1 heterocycles. The molecule has 2 nitrogen and oxygen atoms in total. The second-order valence-electron chi connectivity index (χ2n) is 18.0. The molecule has 0 N–H and O–H groups in total. The Labute approximate surface area is 381 Å². The molecule has 310 valence electrons. The molecular weight excluding hydrogens is 785 g/mol. The molecule has 12 rings (SSSR count). The first-order valence-corrected chi connectivity index (χ1v) is 22.9. The van der Waals surface area contributed by atoms with Crippen LogP contribution in [0, 0.1) is 0 Å². The molecule has 1 aromatic heterocycles. The Morgan fingerprint density at radius 3 is 1.83 bits per heavy atom. The average molecular weight is 833 g/mol. The number of benzene rings is 9. The summed E-state index contributed by atoms with van der Waals surface area (Å²) in [5, 5.41) is 2.50. The zero-order valence-corrected chi connectivity index (χ0v) is 36.7. The van der Waals surface area contributed by atoms with Gasteiger partial charge < -0.3 is 9.47 Å². The van der Waals surface area contributed by atoms with Crippen molar-refractivity contribution in [2.24, 2.45) is 0 Å². The average Bonchev–Trinajstić information content (AvgIpc) is 3.82. The van der Waals surface area contributed by atoms with Gasteiger partial charge in [0.05, 0.1) is 16.7 Å². The molecule has 2 heteroatoms. The van der Waals surface area contributed by atoms with E-state index in [1.165, 1.54) is 83.0 Å². The molecule has 0 bridgehead atoms. The van der Waals surface area contributed by atoms with Crippen LogP contribution in [-0.2, 0) is 5.41 Å². The van der Waals surface area contributed by atoms with Gasteiger partial charge in [0, 0.05) is 38.8 Å². The molecule has 2 aliphatic rings. The van der Waals surface area contributed by atoms with Gasteiger partial charge >= 0.3 is 0 Å². The van der Waals surface area contributed by atoms with E-state index in [9.17, 15) is 0 Å². The largest absolute Gasteiger partial charge is 0.310 e. The zero-order chi connectivity index (χ0) is 43.5. The van der Waals surface area contributed by atoms with Gasteiger partial charge in [-0.15, -0.1) is 0 Å². The number of anilines is 3. The van der Waals surface area contributed by atoms with Crippen LogP contribution in [0.3, 0.4) is 0 Å². The lowest BCUT2D eigenvalue weighted by atomic mass is 9.82. The maximum absolute atomic E-state index is 2.49.